The minimum absolute atomic E-state index is 0.0644. The second-order valence-corrected chi connectivity index (χ2v) is 18.8. The van der Waals surface area contributed by atoms with Crippen LogP contribution in [0.1, 0.15) is 35.3 Å². The van der Waals surface area contributed by atoms with Crippen LogP contribution in [0.3, 0.4) is 0 Å². The van der Waals surface area contributed by atoms with Crippen LogP contribution in [0.25, 0.3) is 22.2 Å². The number of carbonyl (C=O) groups is 2. The number of amides is 2. The summed E-state index contributed by atoms with van der Waals surface area (Å²) in [6.07, 6.45) is 1.86. The molecule has 1 saturated carbocycles. The lowest BCUT2D eigenvalue weighted by atomic mass is 10.0. The van der Waals surface area contributed by atoms with Crippen molar-refractivity contribution in [2.75, 3.05) is 33.4 Å². The van der Waals surface area contributed by atoms with Crippen molar-refractivity contribution in [1.29, 1.82) is 0 Å². The number of methoxy groups -OCH3 is 1. The maximum atomic E-state index is 14.9. The predicted molar refractivity (Wildman–Crippen MR) is 170 cm³/mol. The van der Waals surface area contributed by atoms with Crippen molar-refractivity contribution in [3.05, 3.63) is 41.5 Å². The molecule has 3 aromatic rings. The number of fused-ring (bicyclic) bond motifs is 1. The molecule has 5 rings (SSSR count). The number of hydrogen-bond donors (Lipinski definition) is 3. The van der Waals surface area contributed by atoms with Crippen LogP contribution in [0.5, 0.6) is 11.5 Å². The highest BCUT2D eigenvalue weighted by atomic mass is 28.3. The van der Waals surface area contributed by atoms with Crippen LogP contribution in [-0.2, 0) is 11.5 Å². The highest BCUT2D eigenvalue weighted by Gasteiger charge is 2.33. The van der Waals surface area contributed by atoms with Crippen molar-refractivity contribution < 1.29 is 38.4 Å². The number of likely N-dealkylation sites (tertiary alicyclic amines) is 1. The third-order valence-corrected chi connectivity index (χ3v) is 10.2. The number of hydrogen-bond acceptors (Lipinski definition) is 7. The summed E-state index contributed by atoms with van der Waals surface area (Å²) < 4.78 is 34.5. The minimum Gasteiger partial charge on any atom is -0.494 e. The molecule has 1 aliphatic heterocycles. The Labute approximate surface area is 263 Å². The molecule has 1 saturated heterocycles. The molecular formula is C32H43FN4O7Si. The SMILES string of the molecule is COc1cc(-c2ccnc3c(C(=O)N[C@@H]4CCN(C(=O)O)C[C@H]4O)c(C)n(COCC[Si](C)(C)C)c23)c(OCC2CC2)cc1F. The van der Waals surface area contributed by atoms with Crippen molar-refractivity contribution >= 4 is 31.1 Å². The Morgan fingerprint density at radius 3 is 2.56 bits per heavy atom. The zero-order valence-electron chi connectivity index (χ0n) is 26.6. The number of nitrogens with one attached hydrogen (secondary N) is 1. The minimum atomic E-state index is -1.36. The first-order valence-corrected chi connectivity index (χ1v) is 19.1. The van der Waals surface area contributed by atoms with Gasteiger partial charge in [-0.25, -0.2) is 9.18 Å². The predicted octanol–water partition coefficient (Wildman–Crippen LogP) is 5.10. The topological polar surface area (TPSA) is 135 Å². The Hall–Kier alpha value is -3.68. The first-order chi connectivity index (χ1) is 21.4. The van der Waals surface area contributed by atoms with Crippen molar-refractivity contribution in [2.24, 2.45) is 5.92 Å². The average molecular weight is 643 g/mol. The zero-order valence-corrected chi connectivity index (χ0v) is 27.6. The summed E-state index contributed by atoms with van der Waals surface area (Å²) in [6.45, 7) is 9.94. The lowest BCUT2D eigenvalue weighted by molar-refractivity contribution is 0.0391. The van der Waals surface area contributed by atoms with Crippen molar-refractivity contribution in [3.8, 4) is 22.6 Å². The molecule has 3 heterocycles. The van der Waals surface area contributed by atoms with E-state index in [0.717, 1.165) is 23.8 Å². The number of halogens is 1. The van der Waals surface area contributed by atoms with Gasteiger partial charge in [-0.3, -0.25) is 9.78 Å². The molecule has 13 heteroatoms. The molecule has 2 aliphatic rings. The van der Waals surface area contributed by atoms with Crippen molar-refractivity contribution in [1.82, 2.24) is 19.8 Å². The van der Waals surface area contributed by atoms with Crippen LogP contribution < -0.4 is 14.8 Å². The summed E-state index contributed by atoms with van der Waals surface area (Å²) >= 11 is 0. The van der Waals surface area contributed by atoms with Gasteiger partial charge in [0.1, 0.15) is 18.0 Å². The van der Waals surface area contributed by atoms with Gasteiger partial charge in [0.15, 0.2) is 11.6 Å². The van der Waals surface area contributed by atoms with Crippen LogP contribution in [0.2, 0.25) is 25.7 Å². The van der Waals surface area contributed by atoms with Gasteiger partial charge in [0.05, 0.1) is 43.5 Å². The third kappa shape index (κ3) is 7.42. The number of aliphatic hydroxyl groups is 1. The summed E-state index contributed by atoms with van der Waals surface area (Å²) in [5.74, 6) is -0.0880. The summed E-state index contributed by atoms with van der Waals surface area (Å²) in [6, 6.07) is 5.09. The Balaban J connectivity index is 1.57. The largest absolute Gasteiger partial charge is 0.494 e. The molecule has 2 fully saturated rings. The first-order valence-electron chi connectivity index (χ1n) is 15.4. The number of nitrogens with zero attached hydrogens (tertiary/aromatic N) is 3. The molecule has 2 amide bonds. The highest BCUT2D eigenvalue weighted by molar-refractivity contribution is 6.76. The summed E-state index contributed by atoms with van der Waals surface area (Å²) in [5.41, 5.74) is 3.26. The lowest BCUT2D eigenvalue weighted by Gasteiger charge is -2.34. The molecule has 0 bridgehead atoms. The maximum absolute atomic E-state index is 14.9. The van der Waals surface area contributed by atoms with Crippen molar-refractivity contribution in [3.63, 3.8) is 0 Å². The molecule has 1 aromatic carbocycles. The standard InChI is InChI=1S/C32H43FN4O7Si/c1-19-28(31(39)35-24-9-11-36(32(40)41)16-25(24)38)29-30(37(19)18-43-12-13-45(3,4)5)21(8-10-34-29)22-14-27(42-2)23(33)15-26(22)44-17-20-6-7-20/h8,10,14-15,20,24-25,38H,6-7,9,11-13,16-18H2,1-5H3,(H,35,39)(H,40,41)/t24-,25-/m1/s1. The molecule has 0 unspecified atom stereocenters. The zero-order chi connectivity index (χ0) is 32.5. The van der Waals surface area contributed by atoms with Gasteiger partial charge in [0.2, 0.25) is 0 Å². The number of ether oxygens (including phenoxy) is 3. The third-order valence-electron chi connectivity index (χ3n) is 8.53. The fourth-order valence-corrected chi connectivity index (χ4v) is 6.35. The molecule has 0 spiro atoms. The number of rotatable bonds is 12. The molecule has 244 valence electrons. The van der Waals surface area contributed by atoms with E-state index in [-0.39, 0.29) is 32.0 Å². The molecule has 2 aromatic heterocycles. The monoisotopic (exact) mass is 642 g/mol. The number of carbonyl (C=O) groups excluding carboxylic acids is 1. The molecule has 3 N–H and O–H groups in total. The number of β-amino-alcohol motifs (C(OH)–C–C–N with tert-alkyl or cyclic N) is 1. The normalized spacial score (nSPS) is 18.7. The van der Waals surface area contributed by atoms with Crippen LogP contribution >= 0.6 is 0 Å². The maximum Gasteiger partial charge on any atom is 0.407 e. The lowest BCUT2D eigenvalue weighted by Crippen LogP contribution is -2.55. The van der Waals surface area contributed by atoms with E-state index in [0.29, 0.717) is 58.3 Å². The van der Waals surface area contributed by atoms with E-state index < -0.39 is 38.0 Å². The summed E-state index contributed by atoms with van der Waals surface area (Å²) in [4.78, 5) is 31.0. The quantitative estimate of drug-likeness (QED) is 0.183. The Kier molecular flexibility index (Phi) is 9.70. The molecule has 2 atom stereocenters. The smallest absolute Gasteiger partial charge is 0.407 e. The summed E-state index contributed by atoms with van der Waals surface area (Å²) in [5, 5.41) is 22.9. The number of benzene rings is 1. The average Bonchev–Trinajstić information content (AvgIpc) is 3.77. The molecule has 1 aliphatic carbocycles. The second kappa shape index (κ2) is 13.4. The Morgan fingerprint density at radius 1 is 1.16 bits per heavy atom. The van der Waals surface area contributed by atoms with E-state index in [2.05, 4.69) is 29.9 Å². The number of pyridine rings is 1. The van der Waals surface area contributed by atoms with E-state index in [9.17, 15) is 24.2 Å². The van der Waals surface area contributed by atoms with E-state index in [1.165, 1.54) is 13.2 Å². The number of carboxylic acid groups (broad SMARTS) is 1. The Bertz CT molecular complexity index is 1570. The van der Waals surface area contributed by atoms with Crippen LogP contribution in [0.4, 0.5) is 9.18 Å². The van der Waals surface area contributed by atoms with Crippen LogP contribution in [0.15, 0.2) is 24.4 Å². The summed E-state index contributed by atoms with van der Waals surface area (Å²) in [7, 11) is 0.0488. The van der Waals surface area contributed by atoms with E-state index in [4.69, 9.17) is 14.2 Å². The fraction of sp³-hybridized carbons (Fsp3) is 0.531. The molecule has 11 nitrogen and oxygen atoms in total. The number of aromatic nitrogens is 2. The fourth-order valence-electron chi connectivity index (χ4n) is 5.60. The number of piperidine rings is 1. The van der Waals surface area contributed by atoms with E-state index in [1.807, 2.05) is 17.6 Å². The van der Waals surface area contributed by atoms with Gasteiger partial charge in [-0.15, -0.1) is 0 Å². The highest BCUT2D eigenvalue weighted by Crippen LogP contribution is 2.41. The van der Waals surface area contributed by atoms with Gasteiger partial charge < -0.3 is 39.2 Å². The van der Waals surface area contributed by atoms with E-state index >= 15 is 0 Å². The van der Waals surface area contributed by atoms with Gasteiger partial charge in [0.25, 0.3) is 5.91 Å². The van der Waals surface area contributed by atoms with Crippen LogP contribution in [0, 0.1) is 18.7 Å². The van der Waals surface area contributed by atoms with Crippen molar-refractivity contribution in [2.45, 2.75) is 70.7 Å². The molecular weight excluding hydrogens is 599 g/mol. The molecule has 0 radical (unpaired) electrons. The van der Waals surface area contributed by atoms with Gasteiger partial charge in [-0.05, 0) is 50.3 Å². The first kappa shape index (κ1) is 32.7. The van der Waals surface area contributed by atoms with Gasteiger partial charge in [-0.2, -0.15) is 0 Å². The van der Waals surface area contributed by atoms with E-state index in [1.54, 1.807) is 12.3 Å². The molecule has 45 heavy (non-hydrogen) atoms. The number of aliphatic hydroxyl groups excluding tert-OH is 1. The van der Waals surface area contributed by atoms with Gasteiger partial charge in [-0.1, -0.05) is 19.6 Å². The second-order valence-electron chi connectivity index (χ2n) is 13.2. The Morgan fingerprint density at radius 2 is 1.91 bits per heavy atom. The van der Waals surface area contributed by atoms with Gasteiger partial charge >= 0.3 is 6.09 Å². The van der Waals surface area contributed by atoms with Crippen LogP contribution in [-0.4, -0.2) is 90.3 Å². The van der Waals surface area contributed by atoms with Gasteiger partial charge in [0, 0.05) is 50.3 Å².